The molecule has 0 fully saturated rings. The number of carbonyl (C=O) groups excluding carboxylic acids is 3. The van der Waals surface area contributed by atoms with E-state index in [1.54, 1.807) is 0 Å². The van der Waals surface area contributed by atoms with Crippen LogP contribution in [-0.2, 0) is 16.6 Å². The van der Waals surface area contributed by atoms with Crippen LogP contribution in [0.15, 0.2) is 30.5 Å². The lowest BCUT2D eigenvalue weighted by Crippen LogP contribution is -2.34. The van der Waals surface area contributed by atoms with E-state index in [0.29, 0.717) is 10.9 Å². The second-order valence-electron chi connectivity index (χ2n) is 6.82. The van der Waals surface area contributed by atoms with Crippen LogP contribution in [0.4, 0.5) is 13.2 Å². The summed E-state index contributed by atoms with van der Waals surface area (Å²) in [5, 5.41) is 3.79. The van der Waals surface area contributed by atoms with E-state index in [1.165, 1.54) is 45.0 Å². The summed E-state index contributed by atoms with van der Waals surface area (Å²) in [7, 11) is 0. The summed E-state index contributed by atoms with van der Waals surface area (Å²) < 4.78 is 41.1. The van der Waals surface area contributed by atoms with Crippen molar-refractivity contribution in [2.24, 2.45) is 0 Å². The van der Waals surface area contributed by atoms with Crippen LogP contribution < -0.4 is 0 Å². The maximum Gasteiger partial charge on any atom is 0.433 e. The number of fused-ring (bicyclic) bond motifs is 1. The molecule has 142 valence electrons. The van der Waals surface area contributed by atoms with E-state index in [1.807, 2.05) is 0 Å². The first-order valence-corrected chi connectivity index (χ1v) is 7.78. The lowest BCUT2D eigenvalue weighted by Gasteiger charge is -2.23. The molecule has 27 heavy (non-hydrogen) atoms. The molecule has 0 saturated carbocycles. The molecule has 0 saturated heterocycles. The lowest BCUT2D eigenvalue weighted by atomic mass is 10.1. The average Bonchev–Trinajstić information content (AvgIpc) is 3.12. The number of carbonyl (C=O) groups is 3. The van der Waals surface area contributed by atoms with Gasteiger partial charge in [-0.2, -0.15) is 18.3 Å². The molecule has 1 aliphatic rings. The number of rotatable bonds is 2. The summed E-state index contributed by atoms with van der Waals surface area (Å²) in [6.07, 6.45) is -4.20. The highest BCUT2D eigenvalue weighted by Gasteiger charge is 2.45. The molecule has 2 aromatic rings. The van der Waals surface area contributed by atoms with Crippen molar-refractivity contribution in [2.75, 3.05) is 0 Å². The number of halogens is 3. The minimum atomic E-state index is -4.90. The zero-order valence-corrected chi connectivity index (χ0v) is 14.5. The van der Waals surface area contributed by atoms with E-state index in [-0.39, 0.29) is 16.2 Å². The van der Waals surface area contributed by atoms with E-state index in [0.717, 1.165) is 0 Å². The maximum absolute atomic E-state index is 13.5. The van der Waals surface area contributed by atoms with Gasteiger partial charge in [0.1, 0.15) is 5.56 Å². The van der Waals surface area contributed by atoms with Crippen molar-refractivity contribution in [1.29, 1.82) is 0 Å². The molecule has 1 aromatic carbocycles. The molecular formula is C17H14F3N3O4. The molecule has 0 bridgehead atoms. The number of nitrogens with zero attached hydrogens (tertiary/aromatic N) is 3. The molecule has 10 heteroatoms. The zero-order valence-electron chi connectivity index (χ0n) is 14.5. The molecular weight excluding hydrogens is 367 g/mol. The fourth-order valence-electron chi connectivity index (χ4n) is 2.66. The number of aromatic nitrogens is 2. The van der Waals surface area contributed by atoms with Crippen LogP contribution in [0.3, 0.4) is 0 Å². The van der Waals surface area contributed by atoms with Crippen molar-refractivity contribution in [1.82, 2.24) is 14.8 Å². The number of benzene rings is 1. The fraction of sp³-hybridized carbons (Fsp3) is 0.294. The molecule has 0 N–H and O–H groups in total. The van der Waals surface area contributed by atoms with Crippen LogP contribution >= 0.6 is 0 Å². The highest BCUT2D eigenvalue weighted by atomic mass is 19.4. The van der Waals surface area contributed by atoms with E-state index in [9.17, 15) is 27.6 Å². The van der Waals surface area contributed by atoms with Gasteiger partial charge in [-0.15, -0.1) is 0 Å². The van der Waals surface area contributed by atoms with Gasteiger partial charge >= 0.3 is 12.1 Å². The molecule has 2 heterocycles. The Morgan fingerprint density at radius 2 is 1.56 bits per heavy atom. The van der Waals surface area contributed by atoms with Crippen LogP contribution in [-0.4, -0.2) is 32.6 Å². The number of hydrogen-bond donors (Lipinski definition) is 0. The van der Waals surface area contributed by atoms with Gasteiger partial charge in [-0.3, -0.25) is 14.3 Å². The summed E-state index contributed by atoms with van der Waals surface area (Å²) in [6.45, 7) is 4.44. The molecule has 0 radical (unpaired) electrons. The highest BCUT2D eigenvalue weighted by Crippen LogP contribution is 2.35. The first-order valence-electron chi connectivity index (χ1n) is 7.78. The topological polar surface area (TPSA) is 81.5 Å². The van der Waals surface area contributed by atoms with Crippen LogP contribution in [0, 0.1) is 0 Å². The van der Waals surface area contributed by atoms with Gasteiger partial charge < -0.3 is 4.84 Å². The third-order valence-corrected chi connectivity index (χ3v) is 3.82. The number of imide groups is 1. The highest BCUT2D eigenvalue weighted by molar-refractivity contribution is 6.21. The Morgan fingerprint density at radius 1 is 1.04 bits per heavy atom. The van der Waals surface area contributed by atoms with E-state index in [2.05, 4.69) is 5.10 Å². The number of hydrogen-bond acceptors (Lipinski definition) is 5. The second-order valence-corrected chi connectivity index (χ2v) is 6.82. The third kappa shape index (κ3) is 3.07. The van der Waals surface area contributed by atoms with Crippen molar-refractivity contribution < 1.29 is 32.4 Å². The number of alkyl halides is 3. The smallest absolute Gasteiger partial charge is 0.324 e. The lowest BCUT2D eigenvalue weighted by molar-refractivity contribution is -0.146. The Morgan fingerprint density at radius 3 is 2.00 bits per heavy atom. The summed E-state index contributed by atoms with van der Waals surface area (Å²) in [6, 6.07) is 5.71. The monoisotopic (exact) mass is 381 g/mol. The Hall–Kier alpha value is -3.17. The minimum absolute atomic E-state index is 0.00303. The van der Waals surface area contributed by atoms with Crippen LogP contribution in [0.5, 0.6) is 0 Å². The Kier molecular flexibility index (Phi) is 4.09. The molecule has 1 aliphatic heterocycles. The summed E-state index contributed by atoms with van der Waals surface area (Å²) in [5.41, 5.74) is -3.29. The third-order valence-electron chi connectivity index (χ3n) is 3.82. The van der Waals surface area contributed by atoms with Crippen molar-refractivity contribution in [3.63, 3.8) is 0 Å². The predicted octanol–water partition coefficient (Wildman–Crippen LogP) is 3.02. The van der Waals surface area contributed by atoms with E-state index in [4.69, 9.17) is 4.84 Å². The number of hydroxylamine groups is 2. The normalized spacial score (nSPS) is 14.5. The predicted molar refractivity (Wildman–Crippen MR) is 84.6 cm³/mol. The summed E-state index contributed by atoms with van der Waals surface area (Å²) in [5.74, 6) is -3.37. The SMILES string of the molecule is CC(C)(C)n1ncc(C(=O)ON2C(=O)c3ccccc3C2=O)c1C(F)(F)F. The van der Waals surface area contributed by atoms with Gasteiger partial charge in [0, 0.05) is 0 Å². The van der Waals surface area contributed by atoms with Crippen molar-refractivity contribution in [3.05, 3.63) is 52.8 Å². The van der Waals surface area contributed by atoms with E-state index >= 15 is 0 Å². The Balaban J connectivity index is 1.96. The summed E-state index contributed by atoms with van der Waals surface area (Å²) >= 11 is 0. The molecule has 0 aliphatic carbocycles. The quantitative estimate of drug-likeness (QED) is 0.747. The van der Waals surface area contributed by atoms with Crippen molar-refractivity contribution in [3.8, 4) is 0 Å². The van der Waals surface area contributed by atoms with Crippen molar-refractivity contribution in [2.45, 2.75) is 32.5 Å². The molecule has 1 aromatic heterocycles. The molecule has 7 nitrogen and oxygen atoms in total. The van der Waals surface area contributed by atoms with Gasteiger partial charge in [0.15, 0.2) is 5.69 Å². The van der Waals surface area contributed by atoms with Gasteiger partial charge in [0.2, 0.25) is 0 Å². The molecule has 2 amide bonds. The summed E-state index contributed by atoms with van der Waals surface area (Å²) in [4.78, 5) is 41.4. The molecule has 0 unspecified atom stereocenters. The number of amides is 2. The second kappa shape index (κ2) is 5.93. The largest absolute Gasteiger partial charge is 0.433 e. The van der Waals surface area contributed by atoms with Gasteiger partial charge in [-0.25, -0.2) is 4.79 Å². The first-order chi connectivity index (χ1) is 12.4. The molecule has 0 atom stereocenters. The van der Waals surface area contributed by atoms with E-state index < -0.39 is 40.8 Å². The van der Waals surface area contributed by atoms with Crippen LogP contribution in [0.25, 0.3) is 0 Å². The standard InChI is InChI=1S/C17H14F3N3O4/c1-16(2,3)23-12(17(18,19)20)11(8-21-23)15(26)27-22-13(24)9-6-4-5-7-10(9)14(22)25/h4-8H,1-3H3. The molecule has 0 spiro atoms. The Bertz CT molecular complexity index is 922. The average molecular weight is 381 g/mol. The van der Waals surface area contributed by atoms with Crippen molar-refractivity contribution >= 4 is 17.8 Å². The van der Waals surface area contributed by atoms with Gasteiger partial charge in [0.05, 0.1) is 22.9 Å². The van der Waals surface area contributed by atoms with Crippen LogP contribution in [0.2, 0.25) is 0 Å². The van der Waals surface area contributed by atoms with Gasteiger partial charge in [-0.1, -0.05) is 17.2 Å². The van der Waals surface area contributed by atoms with Crippen LogP contribution in [0.1, 0.15) is 57.5 Å². The first kappa shape index (κ1) is 18.6. The Labute approximate surface area is 151 Å². The minimum Gasteiger partial charge on any atom is -0.324 e. The van der Waals surface area contributed by atoms with Gasteiger partial charge in [0.25, 0.3) is 11.8 Å². The van der Waals surface area contributed by atoms with Gasteiger partial charge in [-0.05, 0) is 32.9 Å². The fourth-order valence-corrected chi connectivity index (χ4v) is 2.66. The zero-order chi connectivity index (χ0) is 20.1. The molecule has 3 rings (SSSR count). The maximum atomic E-state index is 13.5.